The summed E-state index contributed by atoms with van der Waals surface area (Å²) in [5.74, 6) is -1.71. The van der Waals surface area contributed by atoms with E-state index in [2.05, 4.69) is 5.32 Å². The van der Waals surface area contributed by atoms with Crippen LogP contribution in [0.5, 0.6) is 0 Å². The molecule has 6 heteroatoms. The first-order valence-corrected chi connectivity index (χ1v) is 8.22. The fourth-order valence-electron chi connectivity index (χ4n) is 2.38. The number of rotatable bonds is 7. The number of benzene rings is 2. The highest BCUT2D eigenvalue weighted by atomic mass is 19.1. The predicted octanol–water partition coefficient (Wildman–Crippen LogP) is 3.53. The Hall–Kier alpha value is -3.02. The van der Waals surface area contributed by atoms with Crippen LogP contribution in [0.15, 0.2) is 48.5 Å². The van der Waals surface area contributed by atoms with E-state index < -0.39 is 18.0 Å². The third-order valence-corrected chi connectivity index (χ3v) is 3.80. The van der Waals surface area contributed by atoms with Crippen LogP contribution in [0.3, 0.4) is 0 Å². The van der Waals surface area contributed by atoms with Gasteiger partial charge in [-0.2, -0.15) is 0 Å². The molecule has 0 aromatic heterocycles. The lowest BCUT2D eigenvalue weighted by molar-refractivity contribution is -0.153. The van der Waals surface area contributed by atoms with E-state index in [1.54, 1.807) is 42.5 Å². The van der Waals surface area contributed by atoms with Gasteiger partial charge in [0.2, 0.25) is 0 Å². The monoisotopic (exact) mass is 357 g/mol. The Morgan fingerprint density at radius 2 is 1.73 bits per heavy atom. The summed E-state index contributed by atoms with van der Waals surface area (Å²) in [6, 6.07) is 12.8. The molecule has 0 aliphatic carbocycles. The summed E-state index contributed by atoms with van der Waals surface area (Å²) in [5.41, 5.74) is 1.15. The topological polar surface area (TPSA) is 72.5 Å². The van der Waals surface area contributed by atoms with E-state index in [4.69, 9.17) is 4.74 Å². The molecule has 2 aromatic carbocycles. The standard InChI is InChI=1S/C20H20FNO4/c1-13(23)16-8-4-6-10-18(16)22-20(25)14(2)26-19(24)12-11-15-7-3-5-9-17(15)21/h3-10,14H,11-12H2,1-2H3,(H,22,25)/t14-/m1/s1. The molecule has 0 aliphatic heterocycles. The fraction of sp³-hybridized carbons (Fsp3) is 0.250. The molecular weight excluding hydrogens is 337 g/mol. The van der Waals surface area contributed by atoms with E-state index in [0.29, 0.717) is 16.8 Å². The van der Waals surface area contributed by atoms with Crippen LogP contribution >= 0.6 is 0 Å². The van der Waals surface area contributed by atoms with Gasteiger partial charge in [-0.25, -0.2) is 4.39 Å². The maximum atomic E-state index is 13.5. The van der Waals surface area contributed by atoms with Crippen molar-refractivity contribution in [2.45, 2.75) is 32.8 Å². The lowest BCUT2D eigenvalue weighted by atomic mass is 10.1. The summed E-state index contributed by atoms with van der Waals surface area (Å²) in [6.07, 6.45) is -0.890. The second-order valence-corrected chi connectivity index (χ2v) is 5.81. The molecule has 0 fully saturated rings. The van der Waals surface area contributed by atoms with Gasteiger partial charge >= 0.3 is 5.97 Å². The first kappa shape index (κ1) is 19.3. The van der Waals surface area contributed by atoms with E-state index in [-0.39, 0.29) is 24.4 Å². The summed E-state index contributed by atoms with van der Waals surface area (Å²) < 4.78 is 18.6. The average Bonchev–Trinajstić information content (AvgIpc) is 2.61. The lowest BCUT2D eigenvalue weighted by Gasteiger charge is -2.15. The van der Waals surface area contributed by atoms with Gasteiger partial charge in [-0.1, -0.05) is 30.3 Å². The number of carbonyl (C=O) groups excluding carboxylic acids is 3. The number of hydrogen-bond acceptors (Lipinski definition) is 4. The Morgan fingerprint density at radius 3 is 2.42 bits per heavy atom. The maximum Gasteiger partial charge on any atom is 0.306 e. The van der Waals surface area contributed by atoms with Gasteiger partial charge in [0.05, 0.1) is 5.69 Å². The number of ketones is 1. The minimum absolute atomic E-state index is 0.0391. The Morgan fingerprint density at radius 1 is 1.08 bits per heavy atom. The van der Waals surface area contributed by atoms with Crippen LogP contribution in [0.1, 0.15) is 36.2 Å². The Bertz CT molecular complexity index is 819. The van der Waals surface area contributed by atoms with Crippen LogP contribution < -0.4 is 5.32 Å². The summed E-state index contributed by atoms with van der Waals surface area (Å²) in [4.78, 5) is 35.7. The minimum atomic E-state index is -1.04. The van der Waals surface area contributed by atoms with Crippen LogP contribution in [0.25, 0.3) is 0 Å². The zero-order valence-corrected chi connectivity index (χ0v) is 14.6. The molecule has 1 N–H and O–H groups in total. The zero-order valence-electron chi connectivity index (χ0n) is 14.6. The molecule has 0 bridgehead atoms. The molecule has 0 saturated carbocycles. The van der Waals surface area contributed by atoms with Gasteiger partial charge in [0.15, 0.2) is 11.9 Å². The maximum absolute atomic E-state index is 13.5. The van der Waals surface area contributed by atoms with Crippen molar-refractivity contribution in [3.05, 3.63) is 65.5 Å². The molecule has 1 atom stereocenters. The highest BCUT2D eigenvalue weighted by molar-refractivity contribution is 6.04. The van der Waals surface area contributed by atoms with Gasteiger partial charge in [-0.3, -0.25) is 14.4 Å². The fourth-order valence-corrected chi connectivity index (χ4v) is 2.38. The molecule has 1 amide bonds. The number of amides is 1. The van der Waals surface area contributed by atoms with Crippen molar-refractivity contribution >= 4 is 23.3 Å². The van der Waals surface area contributed by atoms with Crippen LogP contribution in [0.4, 0.5) is 10.1 Å². The third kappa shape index (κ3) is 5.24. The van der Waals surface area contributed by atoms with Crippen molar-refractivity contribution in [3.8, 4) is 0 Å². The molecule has 2 aromatic rings. The third-order valence-electron chi connectivity index (χ3n) is 3.80. The van der Waals surface area contributed by atoms with Gasteiger partial charge in [0, 0.05) is 12.0 Å². The molecule has 136 valence electrons. The van der Waals surface area contributed by atoms with Crippen LogP contribution in [-0.2, 0) is 20.7 Å². The molecule has 0 radical (unpaired) electrons. The largest absolute Gasteiger partial charge is 0.453 e. The first-order valence-electron chi connectivity index (χ1n) is 8.22. The second-order valence-electron chi connectivity index (χ2n) is 5.81. The normalized spacial score (nSPS) is 11.5. The van der Waals surface area contributed by atoms with Crippen molar-refractivity contribution in [1.29, 1.82) is 0 Å². The Kier molecular flexibility index (Phi) is 6.60. The first-order chi connectivity index (χ1) is 12.4. The quantitative estimate of drug-likeness (QED) is 0.608. The number of halogens is 1. The van der Waals surface area contributed by atoms with Crippen molar-refractivity contribution in [1.82, 2.24) is 0 Å². The highest BCUT2D eigenvalue weighted by Crippen LogP contribution is 2.16. The number of esters is 1. The zero-order chi connectivity index (χ0) is 19.1. The number of nitrogens with one attached hydrogen (secondary N) is 1. The van der Waals surface area contributed by atoms with Gasteiger partial charge in [0.1, 0.15) is 5.82 Å². The number of hydrogen-bond donors (Lipinski definition) is 1. The number of carbonyl (C=O) groups is 3. The van der Waals surface area contributed by atoms with E-state index in [1.165, 1.54) is 19.9 Å². The molecule has 0 unspecified atom stereocenters. The lowest BCUT2D eigenvalue weighted by Crippen LogP contribution is -2.30. The molecule has 0 aliphatic rings. The molecule has 5 nitrogen and oxygen atoms in total. The van der Waals surface area contributed by atoms with Gasteiger partial charge in [0.25, 0.3) is 5.91 Å². The summed E-state index contributed by atoms with van der Waals surface area (Å²) in [6.45, 7) is 2.84. The number of Topliss-reactive ketones (excluding diaryl/α,β-unsaturated/α-hetero) is 1. The summed E-state index contributed by atoms with van der Waals surface area (Å²) >= 11 is 0. The summed E-state index contributed by atoms with van der Waals surface area (Å²) in [5, 5.41) is 2.58. The van der Waals surface area contributed by atoms with Crippen LogP contribution in [-0.4, -0.2) is 23.8 Å². The van der Waals surface area contributed by atoms with Crippen molar-refractivity contribution in [2.75, 3.05) is 5.32 Å². The Labute approximate surface area is 151 Å². The van der Waals surface area contributed by atoms with Gasteiger partial charge < -0.3 is 10.1 Å². The average molecular weight is 357 g/mol. The van der Waals surface area contributed by atoms with Crippen molar-refractivity contribution < 1.29 is 23.5 Å². The second kappa shape index (κ2) is 8.89. The highest BCUT2D eigenvalue weighted by Gasteiger charge is 2.19. The van der Waals surface area contributed by atoms with Gasteiger partial charge in [-0.15, -0.1) is 0 Å². The smallest absolute Gasteiger partial charge is 0.306 e. The van der Waals surface area contributed by atoms with Crippen molar-refractivity contribution in [3.63, 3.8) is 0 Å². The van der Waals surface area contributed by atoms with Crippen LogP contribution in [0, 0.1) is 5.82 Å². The number of para-hydroxylation sites is 1. The van der Waals surface area contributed by atoms with E-state index in [0.717, 1.165) is 0 Å². The molecule has 26 heavy (non-hydrogen) atoms. The molecule has 2 rings (SSSR count). The molecular formula is C20H20FNO4. The predicted molar refractivity (Wildman–Crippen MR) is 95.4 cm³/mol. The SMILES string of the molecule is CC(=O)c1ccccc1NC(=O)[C@@H](C)OC(=O)CCc1ccccc1F. The van der Waals surface area contributed by atoms with Crippen molar-refractivity contribution in [2.24, 2.45) is 0 Å². The number of aryl methyl sites for hydroxylation is 1. The van der Waals surface area contributed by atoms with E-state index in [9.17, 15) is 18.8 Å². The minimum Gasteiger partial charge on any atom is -0.453 e. The van der Waals surface area contributed by atoms with Crippen LogP contribution in [0.2, 0.25) is 0 Å². The number of ether oxygens (including phenoxy) is 1. The van der Waals surface area contributed by atoms with E-state index in [1.807, 2.05) is 0 Å². The molecule has 0 heterocycles. The number of anilines is 1. The van der Waals surface area contributed by atoms with Gasteiger partial charge in [-0.05, 0) is 44.0 Å². The molecule has 0 saturated heterocycles. The van der Waals surface area contributed by atoms with E-state index >= 15 is 0 Å². The summed E-state index contributed by atoms with van der Waals surface area (Å²) in [7, 11) is 0. The molecule has 0 spiro atoms. The Balaban J connectivity index is 1.90.